The summed E-state index contributed by atoms with van der Waals surface area (Å²) in [6, 6.07) is 8.65. The van der Waals surface area contributed by atoms with E-state index in [1.54, 1.807) is 4.31 Å². The molecule has 2 aliphatic rings. The third-order valence-electron chi connectivity index (χ3n) is 6.06. The Morgan fingerprint density at radius 2 is 1.78 bits per heavy atom. The molecule has 27 heavy (non-hydrogen) atoms. The van der Waals surface area contributed by atoms with Gasteiger partial charge in [-0.05, 0) is 66.6 Å². The van der Waals surface area contributed by atoms with Gasteiger partial charge in [0.05, 0.1) is 0 Å². The summed E-state index contributed by atoms with van der Waals surface area (Å²) < 4.78 is 28.7. The van der Waals surface area contributed by atoms with Gasteiger partial charge in [0.2, 0.25) is 0 Å². The van der Waals surface area contributed by atoms with Crippen LogP contribution in [0.25, 0.3) is 5.57 Å². The number of allylic oxidation sites excluding steroid dienone is 2. The van der Waals surface area contributed by atoms with Crippen LogP contribution in [-0.2, 0) is 16.6 Å². The first-order valence-corrected chi connectivity index (χ1v) is 11.7. The van der Waals surface area contributed by atoms with Crippen molar-refractivity contribution in [3.8, 4) is 0 Å². The van der Waals surface area contributed by atoms with Gasteiger partial charge in [0.1, 0.15) is 0 Å². The van der Waals surface area contributed by atoms with Crippen LogP contribution in [-0.4, -0.2) is 32.4 Å². The minimum atomic E-state index is -3.30. The van der Waals surface area contributed by atoms with Crippen molar-refractivity contribution in [3.63, 3.8) is 0 Å². The molecule has 1 saturated heterocycles. The van der Waals surface area contributed by atoms with Crippen LogP contribution in [0.3, 0.4) is 0 Å². The highest BCUT2D eigenvalue weighted by molar-refractivity contribution is 7.87. The van der Waals surface area contributed by atoms with Gasteiger partial charge in [0.15, 0.2) is 0 Å². The molecule has 1 heterocycles. The third kappa shape index (κ3) is 5.43. The monoisotopic (exact) mass is 390 g/mol. The Bertz CT molecular complexity index is 754. The van der Waals surface area contributed by atoms with Crippen molar-refractivity contribution >= 4 is 15.8 Å². The van der Waals surface area contributed by atoms with E-state index in [0.717, 1.165) is 31.6 Å². The summed E-state index contributed by atoms with van der Waals surface area (Å²) in [5.74, 6) is 0.768. The Morgan fingerprint density at radius 3 is 2.33 bits per heavy atom. The smallest absolute Gasteiger partial charge is 0.202 e. The van der Waals surface area contributed by atoms with E-state index < -0.39 is 10.2 Å². The van der Waals surface area contributed by atoms with Crippen LogP contribution < -0.4 is 4.72 Å². The van der Waals surface area contributed by atoms with E-state index in [1.807, 2.05) is 0 Å². The van der Waals surface area contributed by atoms with E-state index in [9.17, 15) is 8.42 Å². The van der Waals surface area contributed by atoms with Crippen LogP contribution in [0.5, 0.6) is 0 Å². The fraction of sp³-hybridized carbons (Fsp3) is 0.636. The van der Waals surface area contributed by atoms with E-state index in [1.165, 1.54) is 29.5 Å². The van der Waals surface area contributed by atoms with Crippen molar-refractivity contribution in [2.24, 2.45) is 11.3 Å². The van der Waals surface area contributed by atoms with Crippen LogP contribution in [0.1, 0.15) is 64.0 Å². The Labute approximate surface area is 165 Å². The number of rotatable bonds is 6. The summed E-state index contributed by atoms with van der Waals surface area (Å²) in [7, 11) is -3.30. The summed E-state index contributed by atoms with van der Waals surface area (Å²) in [5.41, 5.74) is 4.32. The van der Waals surface area contributed by atoms with Crippen LogP contribution in [0.15, 0.2) is 30.3 Å². The van der Waals surface area contributed by atoms with Crippen molar-refractivity contribution in [2.45, 2.75) is 59.3 Å². The van der Waals surface area contributed by atoms with Crippen molar-refractivity contribution in [2.75, 3.05) is 19.6 Å². The minimum absolute atomic E-state index is 0.383. The molecule has 3 rings (SSSR count). The minimum Gasteiger partial charge on any atom is -0.202 e. The molecule has 0 saturated carbocycles. The summed E-state index contributed by atoms with van der Waals surface area (Å²) in [5, 5.41) is 0. The maximum absolute atomic E-state index is 12.2. The summed E-state index contributed by atoms with van der Waals surface area (Å²) >= 11 is 0. The molecule has 0 aromatic heterocycles. The number of hydrogen-bond acceptors (Lipinski definition) is 2. The zero-order chi connectivity index (χ0) is 19.5. The largest absolute Gasteiger partial charge is 0.279 e. The molecule has 0 radical (unpaired) electrons. The standard InChI is InChI=1S/C22H34N2O2S/c1-22(2,3)21-12-10-20(11-13-21)19-8-6-18(7-9-19)14-15-23-27(25,26)24-16-4-5-17-24/h6-10,21,23H,4-5,11-17H2,1-3H3. The number of benzene rings is 1. The molecule has 1 unspecified atom stereocenters. The molecule has 150 valence electrons. The molecule has 0 spiro atoms. The average molecular weight is 391 g/mol. The van der Waals surface area contributed by atoms with Gasteiger partial charge in [-0.25, -0.2) is 4.72 Å². The zero-order valence-electron chi connectivity index (χ0n) is 17.0. The summed E-state index contributed by atoms with van der Waals surface area (Å²) in [6.45, 7) is 8.76. The maximum Gasteiger partial charge on any atom is 0.279 e. The molecule has 1 fully saturated rings. The normalized spacial score (nSPS) is 22.0. The third-order valence-corrected chi connectivity index (χ3v) is 7.68. The second kappa shape index (κ2) is 8.46. The SMILES string of the molecule is CC(C)(C)C1CC=C(c2ccc(CCNS(=O)(=O)N3CCCC3)cc2)CC1. The summed E-state index contributed by atoms with van der Waals surface area (Å²) in [4.78, 5) is 0. The van der Waals surface area contributed by atoms with E-state index in [4.69, 9.17) is 0 Å². The Morgan fingerprint density at radius 1 is 1.11 bits per heavy atom. The van der Waals surface area contributed by atoms with Crippen LogP contribution in [0.4, 0.5) is 0 Å². The van der Waals surface area contributed by atoms with Crippen molar-refractivity contribution in [3.05, 3.63) is 41.5 Å². The predicted molar refractivity (Wildman–Crippen MR) is 113 cm³/mol. The van der Waals surface area contributed by atoms with E-state index in [0.29, 0.717) is 25.0 Å². The van der Waals surface area contributed by atoms with E-state index in [2.05, 4.69) is 55.8 Å². The highest BCUT2D eigenvalue weighted by Crippen LogP contribution is 2.39. The van der Waals surface area contributed by atoms with E-state index >= 15 is 0 Å². The number of nitrogens with one attached hydrogen (secondary N) is 1. The van der Waals surface area contributed by atoms with Gasteiger partial charge in [0, 0.05) is 19.6 Å². The molecular formula is C22H34N2O2S. The van der Waals surface area contributed by atoms with Crippen molar-refractivity contribution < 1.29 is 8.42 Å². The molecule has 0 bridgehead atoms. The second-order valence-electron chi connectivity index (χ2n) is 9.02. The lowest BCUT2D eigenvalue weighted by atomic mass is 9.72. The molecular weight excluding hydrogens is 356 g/mol. The van der Waals surface area contributed by atoms with Gasteiger partial charge in [-0.1, -0.05) is 51.1 Å². The second-order valence-corrected chi connectivity index (χ2v) is 10.8. The first kappa shape index (κ1) is 20.6. The molecule has 1 N–H and O–H groups in total. The predicted octanol–water partition coefficient (Wildman–Crippen LogP) is 4.39. The lowest BCUT2D eigenvalue weighted by Gasteiger charge is -2.33. The molecule has 1 aromatic carbocycles. The van der Waals surface area contributed by atoms with Gasteiger partial charge in [-0.3, -0.25) is 0 Å². The first-order valence-electron chi connectivity index (χ1n) is 10.3. The quantitative estimate of drug-likeness (QED) is 0.783. The number of nitrogens with zero attached hydrogens (tertiary/aromatic N) is 1. The van der Waals surface area contributed by atoms with Gasteiger partial charge < -0.3 is 0 Å². The Kier molecular flexibility index (Phi) is 6.44. The van der Waals surface area contributed by atoms with Gasteiger partial charge in [-0.15, -0.1) is 0 Å². The molecule has 1 atom stereocenters. The van der Waals surface area contributed by atoms with Crippen LogP contribution in [0, 0.1) is 11.3 Å². The average Bonchev–Trinajstić information content (AvgIpc) is 3.17. The van der Waals surface area contributed by atoms with Gasteiger partial charge >= 0.3 is 0 Å². The zero-order valence-corrected chi connectivity index (χ0v) is 17.8. The topological polar surface area (TPSA) is 49.4 Å². The summed E-state index contributed by atoms with van der Waals surface area (Å²) in [6.07, 6.45) is 8.64. The fourth-order valence-corrected chi connectivity index (χ4v) is 5.39. The number of hydrogen-bond donors (Lipinski definition) is 1. The molecule has 4 nitrogen and oxygen atoms in total. The highest BCUT2D eigenvalue weighted by Gasteiger charge is 2.26. The molecule has 0 amide bonds. The molecule has 1 aliphatic carbocycles. The first-order chi connectivity index (χ1) is 12.8. The fourth-order valence-electron chi connectivity index (χ4n) is 4.11. The van der Waals surface area contributed by atoms with Gasteiger partial charge in [-0.2, -0.15) is 12.7 Å². The molecule has 1 aliphatic heterocycles. The highest BCUT2D eigenvalue weighted by atomic mass is 32.2. The lowest BCUT2D eigenvalue weighted by molar-refractivity contribution is 0.225. The lowest BCUT2D eigenvalue weighted by Crippen LogP contribution is -2.39. The maximum atomic E-state index is 12.2. The van der Waals surface area contributed by atoms with E-state index in [-0.39, 0.29) is 0 Å². The Balaban J connectivity index is 1.51. The molecule has 5 heteroatoms. The van der Waals surface area contributed by atoms with Crippen molar-refractivity contribution in [1.82, 2.24) is 9.03 Å². The van der Waals surface area contributed by atoms with Gasteiger partial charge in [0.25, 0.3) is 10.2 Å². The van der Waals surface area contributed by atoms with Crippen LogP contribution >= 0.6 is 0 Å². The Hall–Kier alpha value is -1.17. The van der Waals surface area contributed by atoms with Crippen LogP contribution in [0.2, 0.25) is 0 Å². The van der Waals surface area contributed by atoms with Crippen molar-refractivity contribution in [1.29, 1.82) is 0 Å². The molecule has 1 aromatic rings.